The van der Waals surface area contributed by atoms with Crippen LogP contribution in [0.3, 0.4) is 0 Å². The molecular formula is C25H23FN2O2S. The summed E-state index contributed by atoms with van der Waals surface area (Å²) in [6.45, 7) is 8.34. The third kappa shape index (κ3) is 4.08. The number of benzene rings is 2. The Kier molecular flexibility index (Phi) is 5.58. The summed E-state index contributed by atoms with van der Waals surface area (Å²) in [5, 5.41) is -0.316. The fourth-order valence-electron chi connectivity index (χ4n) is 3.75. The summed E-state index contributed by atoms with van der Waals surface area (Å²) in [6, 6.07) is 14.2. The monoisotopic (exact) mass is 434 g/mol. The highest BCUT2D eigenvalue weighted by Crippen LogP contribution is 2.34. The molecule has 4 rings (SSSR count). The van der Waals surface area contributed by atoms with Gasteiger partial charge in [-0.1, -0.05) is 18.2 Å². The molecule has 1 aliphatic heterocycles. The lowest BCUT2D eigenvalue weighted by Gasteiger charge is -2.12. The maximum atomic E-state index is 13.1. The van der Waals surface area contributed by atoms with Gasteiger partial charge in [-0.2, -0.15) is 0 Å². The van der Waals surface area contributed by atoms with Crippen LogP contribution in [0.15, 0.2) is 53.4 Å². The van der Waals surface area contributed by atoms with Gasteiger partial charge in [-0.3, -0.25) is 14.5 Å². The van der Waals surface area contributed by atoms with Crippen LogP contribution in [-0.2, 0) is 11.3 Å². The molecule has 0 aliphatic carbocycles. The van der Waals surface area contributed by atoms with Gasteiger partial charge in [0.05, 0.1) is 11.4 Å². The summed E-state index contributed by atoms with van der Waals surface area (Å²) >= 11 is 0.938. The zero-order valence-corrected chi connectivity index (χ0v) is 18.7. The Morgan fingerprint density at radius 3 is 2.32 bits per heavy atom. The number of aryl methyl sites for hydroxylation is 3. The van der Waals surface area contributed by atoms with Gasteiger partial charge in [-0.25, -0.2) is 4.39 Å². The predicted molar refractivity (Wildman–Crippen MR) is 123 cm³/mol. The standard InChI is InChI=1S/C25H23FN2O2S/c1-15-5-10-22(11-16(15)2)28-17(3)12-20(18(28)4)13-23-24(29)27(25(30)31-23)14-19-6-8-21(26)9-7-19/h5-13H,14H2,1-4H3/b23-13-. The largest absolute Gasteiger partial charge is 0.318 e. The maximum absolute atomic E-state index is 13.1. The highest BCUT2D eigenvalue weighted by molar-refractivity contribution is 8.18. The lowest BCUT2D eigenvalue weighted by atomic mass is 10.1. The Labute approximate surface area is 185 Å². The number of aromatic nitrogens is 1. The first-order valence-corrected chi connectivity index (χ1v) is 10.8. The number of hydrogen-bond acceptors (Lipinski definition) is 3. The Bertz CT molecular complexity index is 1230. The minimum atomic E-state index is -0.350. The van der Waals surface area contributed by atoms with Gasteiger partial charge in [-0.15, -0.1) is 0 Å². The highest BCUT2D eigenvalue weighted by Gasteiger charge is 2.35. The number of thioether (sulfide) groups is 1. The number of carbonyl (C=O) groups is 2. The van der Waals surface area contributed by atoms with E-state index in [9.17, 15) is 14.0 Å². The van der Waals surface area contributed by atoms with Gasteiger partial charge in [0.25, 0.3) is 11.1 Å². The van der Waals surface area contributed by atoms with Crippen molar-refractivity contribution in [1.82, 2.24) is 9.47 Å². The lowest BCUT2D eigenvalue weighted by molar-refractivity contribution is -0.123. The van der Waals surface area contributed by atoms with Gasteiger partial charge in [0.15, 0.2) is 0 Å². The van der Waals surface area contributed by atoms with E-state index in [1.54, 1.807) is 18.2 Å². The van der Waals surface area contributed by atoms with E-state index in [0.29, 0.717) is 10.5 Å². The second-order valence-corrected chi connectivity index (χ2v) is 8.82. The Hall–Kier alpha value is -3.12. The highest BCUT2D eigenvalue weighted by atomic mass is 32.2. The molecule has 2 amide bonds. The van der Waals surface area contributed by atoms with Crippen molar-refractivity contribution in [3.63, 3.8) is 0 Å². The molecule has 1 fully saturated rings. The Morgan fingerprint density at radius 1 is 0.935 bits per heavy atom. The summed E-state index contributed by atoms with van der Waals surface area (Å²) < 4.78 is 15.3. The van der Waals surface area contributed by atoms with Gasteiger partial charge >= 0.3 is 0 Å². The number of rotatable bonds is 4. The van der Waals surface area contributed by atoms with Crippen LogP contribution in [0.4, 0.5) is 9.18 Å². The van der Waals surface area contributed by atoms with Crippen LogP contribution in [0.1, 0.15) is 33.6 Å². The van der Waals surface area contributed by atoms with E-state index < -0.39 is 0 Å². The van der Waals surface area contributed by atoms with Crippen LogP contribution in [0, 0.1) is 33.5 Å². The summed E-state index contributed by atoms with van der Waals surface area (Å²) in [4.78, 5) is 26.9. The third-order valence-corrected chi connectivity index (χ3v) is 6.54. The van der Waals surface area contributed by atoms with Crippen LogP contribution in [0.2, 0.25) is 0 Å². The second-order valence-electron chi connectivity index (χ2n) is 7.82. The molecule has 0 unspecified atom stereocenters. The zero-order chi connectivity index (χ0) is 22.3. The first-order valence-electron chi connectivity index (χ1n) is 10.0. The maximum Gasteiger partial charge on any atom is 0.293 e. The van der Waals surface area contributed by atoms with Crippen LogP contribution >= 0.6 is 11.8 Å². The summed E-state index contributed by atoms with van der Waals surface area (Å²) in [5.74, 6) is -0.674. The van der Waals surface area contributed by atoms with Crippen molar-refractivity contribution in [3.05, 3.63) is 92.9 Å². The molecule has 0 spiro atoms. The van der Waals surface area contributed by atoms with Crippen molar-refractivity contribution in [2.75, 3.05) is 0 Å². The van der Waals surface area contributed by atoms with Gasteiger partial charge in [0, 0.05) is 17.1 Å². The van der Waals surface area contributed by atoms with Crippen LogP contribution in [-0.4, -0.2) is 20.6 Å². The molecule has 0 bridgehead atoms. The number of carbonyl (C=O) groups excluding carboxylic acids is 2. The second kappa shape index (κ2) is 8.19. The Balaban J connectivity index is 1.63. The fourth-order valence-corrected chi connectivity index (χ4v) is 4.57. The van der Waals surface area contributed by atoms with Crippen LogP contribution in [0.5, 0.6) is 0 Å². The predicted octanol–water partition coefficient (Wildman–Crippen LogP) is 6.09. The average molecular weight is 435 g/mol. The van der Waals surface area contributed by atoms with Crippen LogP contribution < -0.4 is 0 Å². The first kappa shape index (κ1) is 21.1. The normalized spacial score (nSPS) is 15.4. The number of amides is 2. The Morgan fingerprint density at radius 2 is 1.65 bits per heavy atom. The van der Waals surface area contributed by atoms with E-state index >= 15 is 0 Å². The third-order valence-electron chi connectivity index (χ3n) is 5.63. The van der Waals surface area contributed by atoms with E-state index in [1.165, 1.54) is 28.2 Å². The fraction of sp³-hybridized carbons (Fsp3) is 0.200. The summed E-state index contributed by atoms with van der Waals surface area (Å²) in [7, 11) is 0. The molecule has 158 valence electrons. The lowest BCUT2D eigenvalue weighted by Crippen LogP contribution is -2.27. The molecule has 0 atom stereocenters. The molecule has 1 saturated heterocycles. The zero-order valence-electron chi connectivity index (χ0n) is 17.9. The molecule has 2 aromatic carbocycles. The van der Waals surface area contributed by atoms with Crippen molar-refractivity contribution in [1.29, 1.82) is 0 Å². The molecule has 1 aromatic heterocycles. The molecule has 0 N–H and O–H groups in total. The van der Waals surface area contributed by atoms with Gasteiger partial charge in [0.1, 0.15) is 5.82 Å². The number of imide groups is 1. The van der Waals surface area contributed by atoms with Crippen molar-refractivity contribution in [2.45, 2.75) is 34.2 Å². The summed E-state index contributed by atoms with van der Waals surface area (Å²) in [6.07, 6.45) is 1.79. The van der Waals surface area contributed by atoms with E-state index in [0.717, 1.165) is 34.4 Å². The van der Waals surface area contributed by atoms with Gasteiger partial charge < -0.3 is 4.57 Å². The first-order chi connectivity index (χ1) is 14.7. The van der Waals surface area contributed by atoms with Crippen molar-refractivity contribution >= 4 is 29.0 Å². The summed E-state index contributed by atoms with van der Waals surface area (Å²) in [5.41, 5.74) is 7.20. The number of halogens is 1. The minimum absolute atomic E-state index is 0.129. The van der Waals surface area contributed by atoms with E-state index in [4.69, 9.17) is 0 Å². The van der Waals surface area contributed by atoms with Crippen LogP contribution in [0.25, 0.3) is 11.8 Å². The molecule has 3 aromatic rings. The minimum Gasteiger partial charge on any atom is -0.318 e. The molecule has 6 heteroatoms. The topological polar surface area (TPSA) is 42.3 Å². The van der Waals surface area contributed by atoms with Gasteiger partial charge in [-0.05, 0) is 98.1 Å². The quantitative estimate of drug-likeness (QED) is 0.467. The molecular weight excluding hydrogens is 411 g/mol. The molecule has 1 aliphatic rings. The van der Waals surface area contributed by atoms with E-state index in [-0.39, 0.29) is 23.5 Å². The smallest absolute Gasteiger partial charge is 0.293 e. The van der Waals surface area contributed by atoms with E-state index in [2.05, 4.69) is 36.6 Å². The van der Waals surface area contributed by atoms with E-state index in [1.807, 2.05) is 19.9 Å². The van der Waals surface area contributed by atoms with Crippen molar-refractivity contribution in [2.24, 2.45) is 0 Å². The van der Waals surface area contributed by atoms with Crippen molar-refractivity contribution < 1.29 is 14.0 Å². The SMILES string of the molecule is Cc1ccc(-n2c(C)cc(/C=C3\SC(=O)N(Cc4ccc(F)cc4)C3=O)c2C)cc1C. The van der Waals surface area contributed by atoms with Gasteiger partial charge in [0.2, 0.25) is 0 Å². The molecule has 0 radical (unpaired) electrons. The molecule has 31 heavy (non-hydrogen) atoms. The van der Waals surface area contributed by atoms with Crippen molar-refractivity contribution in [3.8, 4) is 5.69 Å². The number of nitrogens with zero attached hydrogens (tertiary/aromatic N) is 2. The molecule has 4 nitrogen and oxygen atoms in total. The average Bonchev–Trinajstić information content (AvgIpc) is 3.15. The molecule has 0 saturated carbocycles. The molecule has 2 heterocycles. The number of hydrogen-bond donors (Lipinski definition) is 0.